The fourth-order valence-electron chi connectivity index (χ4n) is 2.94. The molecule has 0 saturated carbocycles. The van der Waals surface area contributed by atoms with Crippen LogP contribution in [0.4, 0.5) is 4.39 Å². The quantitative estimate of drug-likeness (QED) is 0.604. The molecule has 6 nitrogen and oxygen atoms in total. The first-order valence-corrected chi connectivity index (χ1v) is 8.36. The van der Waals surface area contributed by atoms with Crippen molar-refractivity contribution in [3.8, 4) is 11.3 Å². The maximum absolute atomic E-state index is 13.2. The van der Waals surface area contributed by atoms with Crippen LogP contribution in [-0.4, -0.2) is 38.0 Å². The van der Waals surface area contributed by atoms with E-state index in [1.165, 1.54) is 12.1 Å². The molecule has 0 aliphatic heterocycles. The van der Waals surface area contributed by atoms with Crippen LogP contribution in [0.3, 0.4) is 0 Å². The molecule has 2 heterocycles. The number of nitrogens with zero attached hydrogens (tertiary/aromatic N) is 4. The van der Waals surface area contributed by atoms with Crippen molar-refractivity contribution in [3.05, 3.63) is 78.0 Å². The molecule has 0 bridgehead atoms. The van der Waals surface area contributed by atoms with Gasteiger partial charge in [0, 0.05) is 42.7 Å². The van der Waals surface area contributed by atoms with Crippen LogP contribution in [-0.2, 0) is 6.54 Å². The first-order valence-electron chi connectivity index (χ1n) is 8.36. The van der Waals surface area contributed by atoms with Gasteiger partial charge in [-0.2, -0.15) is 5.10 Å². The predicted octanol–water partition coefficient (Wildman–Crippen LogP) is 3.43. The Morgan fingerprint density at radius 1 is 1.07 bits per heavy atom. The molecule has 0 fully saturated rings. The van der Waals surface area contributed by atoms with Crippen molar-refractivity contribution in [3.63, 3.8) is 0 Å². The van der Waals surface area contributed by atoms with E-state index < -0.39 is 0 Å². The SMILES string of the molecule is CN(Cc1cn[nH]c1-c1ccc(F)cc1)C(=O)c1ccc2nccnc2c1. The van der Waals surface area contributed by atoms with Gasteiger partial charge >= 0.3 is 0 Å². The number of hydrogen-bond acceptors (Lipinski definition) is 4. The molecule has 0 spiro atoms. The standard InChI is InChI=1S/C20H16FN5O/c1-26(20(27)14-4-7-17-18(10-14)23-9-8-22-17)12-15-11-24-25-19(15)13-2-5-16(21)6-3-13/h2-11H,12H2,1H3,(H,24,25). The molecule has 0 unspecified atom stereocenters. The third kappa shape index (κ3) is 3.39. The van der Waals surface area contributed by atoms with Gasteiger partial charge in [0.15, 0.2) is 0 Å². The second-order valence-electron chi connectivity index (χ2n) is 6.20. The molecule has 0 saturated heterocycles. The van der Waals surface area contributed by atoms with Gasteiger partial charge in [-0.05, 0) is 42.5 Å². The smallest absolute Gasteiger partial charge is 0.253 e. The van der Waals surface area contributed by atoms with Gasteiger partial charge in [-0.15, -0.1) is 0 Å². The summed E-state index contributed by atoms with van der Waals surface area (Å²) < 4.78 is 13.2. The van der Waals surface area contributed by atoms with Gasteiger partial charge in [0.05, 0.1) is 22.9 Å². The zero-order chi connectivity index (χ0) is 18.8. The Hall–Kier alpha value is -3.61. The molecular weight excluding hydrogens is 345 g/mol. The molecule has 2 aromatic carbocycles. The highest BCUT2D eigenvalue weighted by molar-refractivity contribution is 5.97. The molecule has 4 rings (SSSR count). The van der Waals surface area contributed by atoms with E-state index in [4.69, 9.17) is 0 Å². The highest BCUT2D eigenvalue weighted by Gasteiger charge is 2.16. The van der Waals surface area contributed by atoms with Crippen LogP contribution in [0.25, 0.3) is 22.3 Å². The number of fused-ring (bicyclic) bond motifs is 1. The molecule has 27 heavy (non-hydrogen) atoms. The predicted molar refractivity (Wildman–Crippen MR) is 99.3 cm³/mol. The second-order valence-corrected chi connectivity index (χ2v) is 6.20. The van der Waals surface area contributed by atoms with E-state index in [0.29, 0.717) is 17.6 Å². The molecule has 2 aromatic heterocycles. The first kappa shape index (κ1) is 16.8. The highest BCUT2D eigenvalue weighted by Crippen LogP contribution is 2.23. The van der Waals surface area contributed by atoms with Crippen molar-refractivity contribution < 1.29 is 9.18 Å². The van der Waals surface area contributed by atoms with Gasteiger partial charge in [-0.3, -0.25) is 19.9 Å². The molecule has 0 aliphatic rings. The van der Waals surface area contributed by atoms with Crippen molar-refractivity contribution in [1.82, 2.24) is 25.1 Å². The van der Waals surface area contributed by atoms with Gasteiger partial charge in [0.1, 0.15) is 5.82 Å². The van der Waals surface area contributed by atoms with Crippen LogP contribution in [0.15, 0.2) is 61.1 Å². The van der Waals surface area contributed by atoms with Crippen molar-refractivity contribution in [2.24, 2.45) is 0 Å². The van der Waals surface area contributed by atoms with Gasteiger partial charge in [0.2, 0.25) is 0 Å². The lowest BCUT2D eigenvalue weighted by Gasteiger charge is -2.17. The van der Waals surface area contributed by atoms with Crippen LogP contribution >= 0.6 is 0 Å². The van der Waals surface area contributed by atoms with Crippen LogP contribution in [0, 0.1) is 5.82 Å². The number of hydrogen-bond donors (Lipinski definition) is 1. The number of nitrogens with one attached hydrogen (secondary N) is 1. The number of aromatic nitrogens is 4. The number of benzene rings is 2. The summed E-state index contributed by atoms with van der Waals surface area (Å²) in [5.41, 5.74) is 4.37. The van der Waals surface area contributed by atoms with E-state index in [9.17, 15) is 9.18 Å². The fraction of sp³-hybridized carbons (Fsp3) is 0.100. The number of halogens is 1. The third-order valence-electron chi connectivity index (χ3n) is 4.32. The highest BCUT2D eigenvalue weighted by atomic mass is 19.1. The maximum atomic E-state index is 13.2. The number of amides is 1. The molecule has 1 N–H and O–H groups in total. The molecular formula is C20H16FN5O. The number of aromatic amines is 1. The lowest BCUT2D eigenvalue weighted by Crippen LogP contribution is -2.26. The number of rotatable bonds is 4. The molecule has 0 radical (unpaired) electrons. The van der Waals surface area contributed by atoms with Crippen molar-refractivity contribution >= 4 is 16.9 Å². The Labute approximate surface area is 154 Å². The summed E-state index contributed by atoms with van der Waals surface area (Å²) in [5, 5.41) is 6.99. The summed E-state index contributed by atoms with van der Waals surface area (Å²) in [6.45, 7) is 0.362. The van der Waals surface area contributed by atoms with Crippen molar-refractivity contribution in [2.75, 3.05) is 7.05 Å². The summed E-state index contributed by atoms with van der Waals surface area (Å²) >= 11 is 0. The molecule has 134 valence electrons. The van der Waals surface area contributed by atoms with E-state index in [0.717, 1.165) is 22.3 Å². The van der Waals surface area contributed by atoms with E-state index in [1.54, 1.807) is 60.9 Å². The summed E-state index contributed by atoms with van der Waals surface area (Å²) in [6, 6.07) is 11.4. The number of carbonyl (C=O) groups is 1. The average Bonchev–Trinajstić information content (AvgIpc) is 3.15. The monoisotopic (exact) mass is 361 g/mol. The summed E-state index contributed by atoms with van der Waals surface area (Å²) in [4.78, 5) is 22.9. The van der Waals surface area contributed by atoms with E-state index in [1.807, 2.05) is 0 Å². The summed E-state index contributed by atoms with van der Waals surface area (Å²) in [5.74, 6) is -0.430. The molecule has 0 atom stereocenters. The topological polar surface area (TPSA) is 74.8 Å². The lowest BCUT2D eigenvalue weighted by atomic mass is 10.1. The van der Waals surface area contributed by atoms with Crippen molar-refractivity contribution in [2.45, 2.75) is 6.54 Å². The third-order valence-corrected chi connectivity index (χ3v) is 4.32. The Morgan fingerprint density at radius 3 is 2.59 bits per heavy atom. The molecule has 7 heteroatoms. The fourth-order valence-corrected chi connectivity index (χ4v) is 2.94. The van der Waals surface area contributed by atoms with Gasteiger partial charge in [0.25, 0.3) is 5.91 Å². The van der Waals surface area contributed by atoms with Crippen LogP contribution in [0.5, 0.6) is 0 Å². The van der Waals surface area contributed by atoms with Crippen LogP contribution < -0.4 is 0 Å². The minimum Gasteiger partial charge on any atom is -0.337 e. The summed E-state index contributed by atoms with van der Waals surface area (Å²) in [7, 11) is 1.73. The Morgan fingerprint density at radius 2 is 1.81 bits per heavy atom. The lowest BCUT2D eigenvalue weighted by molar-refractivity contribution is 0.0785. The Bertz CT molecular complexity index is 1110. The second kappa shape index (κ2) is 6.95. The van der Waals surface area contributed by atoms with Gasteiger partial charge in [-0.25, -0.2) is 4.39 Å². The zero-order valence-electron chi connectivity index (χ0n) is 14.6. The average molecular weight is 361 g/mol. The van der Waals surface area contributed by atoms with E-state index in [-0.39, 0.29) is 11.7 Å². The summed E-state index contributed by atoms with van der Waals surface area (Å²) in [6.07, 6.45) is 4.89. The van der Waals surface area contributed by atoms with E-state index >= 15 is 0 Å². The van der Waals surface area contributed by atoms with Crippen LogP contribution in [0.1, 0.15) is 15.9 Å². The largest absolute Gasteiger partial charge is 0.337 e. The zero-order valence-corrected chi connectivity index (χ0v) is 14.6. The van der Waals surface area contributed by atoms with Crippen LogP contribution in [0.2, 0.25) is 0 Å². The number of H-pyrrole nitrogens is 1. The minimum atomic E-state index is -0.300. The maximum Gasteiger partial charge on any atom is 0.253 e. The minimum absolute atomic E-state index is 0.131. The van der Waals surface area contributed by atoms with Gasteiger partial charge in [-0.1, -0.05) is 0 Å². The molecule has 4 aromatic rings. The normalized spacial score (nSPS) is 10.9. The first-order chi connectivity index (χ1) is 13.1. The number of carbonyl (C=O) groups excluding carboxylic acids is 1. The molecule has 0 aliphatic carbocycles. The van der Waals surface area contributed by atoms with Gasteiger partial charge < -0.3 is 4.90 Å². The van der Waals surface area contributed by atoms with E-state index in [2.05, 4.69) is 20.2 Å². The Balaban J connectivity index is 1.57. The van der Waals surface area contributed by atoms with Crippen molar-refractivity contribution in [1.29, 1.82) is 0 Å². The Kier molecular flexibility index (Phi) is 4.33. The molecule has 1 amide bonds.